The average molecular weight is 461 g/mol. The summed E-state index contributed by atoms with van der Waals surface area (Å²) >= 11 is 6.08. The molecule has 0 aliphatic carbocycles. The Balaban J connectivity index is 1.76. The fraction of sp³-hybridized carbons (Fsp3) is 0.136. The Labute approximate surface area is 186 Å². The Kier molecular flexibility index (Phi) is 6.72. The Hall–Kier alpha value is -3.23. The number of sulfonamides is 1. The number of anilines is 2. The van der Waals surface area contributed by atoms with Crippen LogP contribution in [0.4, 0.5) is 11.4 Å². The SMILES string of the molecule is COc1cc(NC(=O)c2ccc(NS(=O)(=O)c3ccc(C)cc3)cc2)c(OC)cc1Cl. The predicted octanol–water partition coefficient (Wildman–Crippen LogP) is 4.72. The molecule has 0 saturated heterocycles. The number of hydrogen-bond acceptors (Lipinski definition) is 5. The Morgan fingerprint density at radius 1 is 0.903 bits per heavy atom. The average Bonchev–Trinajstić information content (AvgIpc) is 2.75. The van der Waals surface area contributed by atoms with Crippen molar-refractivity contribution in [3.63, 3.8) is 0 Å². The zero-order valence-corrected chi connectivity index (χ0v) is 18.7. The molecule has 3 aromatic carbocycles. The van der Waals surface area contributed by atoms with Gasteiger partial charge in [0.25, 0.3) is 15.9 Å². The van der Waals surface area contributed by atoms with Crippen LogP contribution in [0.2, 0.25) is 5.02 Å². The fourth-order valence-corrected chi connectivity index (χ4v) is 4.06. The summed E-state index contributed by atoms with van der Waals surface area (Å²) in [5, 5.41) is 3.09. The maximum Gasteiger partial charge on any atom is 0.261 e. The maximum absolute atomic E-state index is 12.6. The number of nitrogens with one attached hydrogen (secondary N) is 2. The monoisotopic (exact) mass is 460 g/mol. The van der Waals surface area contributed by atoms with Crippen molar-refractivity contribution in [3.8, 4) is 11.5 Å². The highest BCUT2D eigenvalue weighted by molar-refractivity contribution is 7.92. The molecule has 0 atom stereocenters. The van der Waals surface area contributed by atoms with Crippen LogP contribution in [0.3, 0.4) is 0 Å². The molecule has 0 fully saturated rings. The third-order valence-electron chi connectivity index (χ3n) is 4.45. The minimum absolute atomic E-state index is 0.156. The van der Waals surface area contributed by atoms with E-state index in [1.54, 1.807) is 24.3 Å². The van der Waals surface area contributed by atoms with Gasteiger partial charge >= 0.3 is 0 Å². The van der Waals surface area contributed by atoms with Crippen LogP contribution in [0.15, 0.2) is 65.6 Å². The number of carbonyl (C=O) groups is 1. The number of halogens is 1. The fourth-order valence-electron chi connectivity index (χ4n) is 2.77. The van der Waals surface area contributed by atoms with Crippen molar-refractivity contribution >= 4 is 38.9 Å². The van der Waals surface area contributed by atoms with Gasteiger partial charge < -0.3 is 14.8 Å². The molecule has 0 aliphatic heterocycles. The summed E-state index contributed by atoms with van der Waals surface area (Å²) in [5.41, 5.74) is 2.01. The number of carbonyl (C=O) groups excluding carboxylic acids is 1. The molecule has 3 rings (SSSR count). The molecule has 7 nitrogen and oxygen atoms in total. The first-order valence-corrected chi connectivity index (χ1v) is 11.0. The number of benzene rings is 3. The summed E-state index contributed by atoms with van der Waals surface area (Å²) in [4.78, 5) is 12.8. The highest BCUT2D eigenvalue weighted by atomic mass is 35.5. The van der Waals surface area contributed by atoms with Gasteiger partial charge in [-0.1, -0.05) is 29.3 Å². The number of ether oxygens (including phenoxy) is 2. The van der Waals surface area contributed by atoms with Crippen LogP contribution < -0.4 is 19.5 Å². The van der Waals surface area contributed by atoms with Crippen LogP contribution >= 0.6 is 11.6 Å². The zero-order chi connectivity index (χ0) is 22.6. The molecule has 0 radical (unpaired) electrons. The summed E-state index contributed by atoms with van der Waals surface area (Å²) in [7, 11) is -0.797. The molecule has 9 heteroatoms. The molecule has 0 aromatic heterocycles. The highest BCUT2D eigenvalue weighted by Crippen LogP contribution is 2.36. The van der Waals surface area contributed by atoms with E-state index in [2.05, 4.69) is 10.0 Å². The molecule has 2 N–H and O–H groups in total. The molecule has 0 heterocycles. The van der Waals surface area contributed by atoms with Crippen LogP contribution in [0.1, 0.15) is 15.9 Å². The lowest BCUT2D eigenvalue weighted by Gasteiger charge is -2.13. The minimum atomic E-state index is -3.73. The van der Waals surface area contributed by atoms with Gasteiger partial charge in [-0.25, -0.2) is 8.42 Å². The van der Waals surface area contributed by atoms with E-state index in [9.17, 15) is 13.2 Å². The second-order valence-electron chi connectivity index (χ2n) is 6.64. The molecule has 0 spiro atoms. The Bertz CT molecular complexity index is 1190. The summed E-state index contributed by atoms with van der Waals surface area (Å²) < 4.78 is 37.9. The van der Waals surface area contributed by atoms with Gasteiger partial charge in [-0.05, 0) is 43.3 Å². The highest BCUT2D eigenvalue weighted by Gasteiger charge is 2.16. The van der Waals surface area contributed by atoms with Gasteiger partial charge in [0.2, 0.25) is 0 Å². The second-order valence-corrected chi connectivity index (χ2v) is 8.73. The van der Waals surface area contributed by atoms with Gasteiger partial charge in [0, 0.05) is 23.4 Å². The van der Waals surface area contributed by atoms with E-state index in [-0.39, 0.29) is 4.90 Å². The van der Waals surface area contributed by atoms with Gasteiger partial charge in [-0.15, -0.1) is 0 Å². The van der Waals surface area contributed by atoms with Crippen molar-refractivity contribution in [2.24, 2.45) is 0 Å². The van der Waals surface area contributed by atoms with Crippen molar-refractivity contribution < 1.29 is 22.7 Å². The first-order valence-electron chi connectivity index (χ1n) is 9.16. The smallest absolute Gasteiger partial charge is 0.261 e. The van der Waals surface area contributed by atoms with E-state index in [0.29, 0.717) is 33.5 Å². The van der Waals surface area contributed by atoms with E-state index in [0.717, 1.165) is 5.56 Å². The molecule has 162 valence electrons. The molecular weight excluding hydrogens is 440 g/mol. The first kappa shape index (κ1) is 22.5. The van der Waals surface area contributed by atoms with E-state index in [4.69, 9.17) is 21.1 Å². The van der Waals surface area contributed by atoms with Crippen LogP contribution in [0, 0.1) is 6.92 Å². The number of hydrogen-bond donors (Lipinski definition) is 2. The summed E-state index contributed by atoms with van der Waals surface area (Å²) in [6, 6.07) is 15.7. The lowest BCUT2D eigenvalue weighted by atomic mass is 10.2. The summed E-state index contributed by atoms with van der Waals surface area (Å²) in [6.07, 6.45) is 0. The van der Waals surface area contributed by atoms with E-state index in [1.165, 1.54) is 50.6 Å². The lowest BCUT2D eigenvalue weighted by molar-refractivity contribution is 0.102. The molecule has 0 saturated carbocycles. The van der Waals surface area contributed by atoms with Crippen LogP contribution in [-0.2, 0) is 10.0 Å². The topological polar surface area (TPSA) is 93.7 Å². The number of methoxy groups -OCH3 is 2. The van der Waals surface area contributed by atoms with Gasteiger partial charge in [-0.2, -0.15) is 0 Å². The molecule has 0 aliphatic rings. The van der Waals surface area contributed by atoms with Crippen molar-refractivity contribution in [2.45, 2.75) is 11.8 Å². The van der Waals surface area contributed by atoms with Crippen molar-refractivity contribution in [1.82, 2.24) is 0 Å². The van der Waals surface area contributed by atoms with Crippen LogP contribution in [0.25, 0.3) is 0 Å². The first-order chi connectivity index (χ1) is 14.7. The number of rotatable bonds is 7. The quantitative estimate of drug-likeness (QED) is 0.532. The Morgan fingerprint density at radius 2 is 1.52 bits per heavy atom. The predicted molar refractivity (Wildman–Crippen MR) is 121 cm³/mol. The van der Waals surface area contributed by atoms with Crippen molar-refractivity contribution in [2.75, 3.05) is 24.3 Å². The third kappa shape index (κ3) is 5.28. The van der Waals surface area contributed by atoms with E-state index >= 15 is 0 Å². The Morgan fingerprint density at radius 3 is 2.10 bits per heavy atom. The van der Waals surface area contributed by atoms with Gasteiger partial charge in [0.05, 0.1) is 29.8 Å². The summed E-state index contributed by atoms with van der Waals surface area (Å²) in [6.45, 7) is 1.88. The van der Waals surface area contributed by atoms with Gasteiger partial charge in [0.1, 0.15) is 11.5 Å². The molecular formula is C22H21ClN2O5S. The number of aryl methyl sites for hydroxylation is 1. The van der Waals surface area contributed by atoms with Crippen molar-refractivity contribution in [1.29, 1.82) is 0 Å². The third-order valence-corrected chi connectivity index (χ3v) is 6.15. The zero-order valence-electron chi connectivity index (χ0n) is 17.1. The summed E-state index contributed by atoms with van der Waals surface area (Å²) in [5.74, 6) is 0.357. The largest absolute Gasteiger partial charge is 0.495 e. The maximum atomic E-state index is 12.6. The minimum Gasteiger partial charge on any atom is -0.495 e. The molecule has 3 aromatic rings. The van der Waals surface area contributed by atoms with Crippen LogP contribution in [0.5, 0.6) is 11.5 Å². The van der Waals surface area contributed by atoms with Gasteiger partial charge in [-0.3, -0.25) is 9.52 Å². The standard InChI is InChI=1S/C22H21ClN2O5S/c1-14-4-10-17(11-5-14)31(27,28)25-16-8-6-15(7-9-16)22(26)24-19-13-20(29-2)18(23)12-21(19)30-3/h4-13,25H,1-3H3,(H,24,26). The lowest BCUT2D eigenvalue weighted by Crippen LogP contribution is -2.14. The molecule has 1 amide bonds. The molecule has 31 heavy (non-hydrogen) atoms. The second kappa shape index (κ2) is 9.28. The van der Waals surface area contributed by atoms with E-state index < -0.39 is 15.9 Å². The van der Waals surface area contributed by atoms with E-state index in [1.807, 2.05) is 6.92 Å². The van der Waals surface area contributed by atoms with Gasteiger partial charge in [0.15, 0.2) is 0 Å². The van der Waals surface area contributed by atoms with Crippen LogP contribution in [-0.4, -0.2) is 28.5 Å². The molecule has 0 unspecified atom stereocenters. The van der Waals surface area contributed by atoms with Crippen molar-refractivity contribution in [3.05, 3.63) is 76.8 Å². The number of amides is 1. The molecule has 0 bridgehead atoms. The normalized spacial score (nSPS) is 11.0.